The van der Waals surface area contributed by atoms with E-state index in [0.717, 1.165) is 5.69 Å². The monoisotopic (exact) mass is 429 g/mol. The highest BCUT2D eigenvalue weighted by Gasteiger charge is 2.38. The first-order chi connectivity index (χ1) is 14.2. The summed E-state index contributed by atoms with van der Waals surface area (Å²) in [6.07, 6.45) is 0. The summed E-state index contributed by atoms with van der Waals surface area (Å²) >= 11 is 6.25. The number of oxime groups is 1. The van der Waals surface area contributed by atoms with Gasteiger partial charge in [-0.1, -0.05) is 28.9 Å². The maximum absolute atomic E-state index is 14.6. The van der Waals surface area contributed by atoms with Gasteiger partial charge in [0, 0.05) is 21.8 Å². The molecule has 8 heteroatoms. The molecule has 0 fully saturated rings. The van der Waals surface area contributed by atoms with E-state index >= 15 is 0 Å². The number of anilines is 1. The van der Waals surface area contributed by atoms with Crippen LogP contribution in [0.2, 0.25) is 5.02 Å². The number of rotatable bonds is 2. The fourth-order valence-corrected chi connectivity index (χ4v) is 3.65. The van der Waals surface area contributed by atoms with E-state index in [-0.39, 0.29) is 24.8 Å². The van der Waals surface area contributed by atoms with Crippen molar-refractivity contribution in [2.75, 3.05) is 18.2 Å². The fraction of sp³-hybridized carbons (Fsp3) is 0.318. The number of carbonyl (C=O) groups excluding carboxylic acids is 1. The Labute approximate surface area is 178 Å². The zero-order valence-corrected chi connectivity index (χ0v) is 17.6. The standard InChI is InChI=1S/C22H21ClFN3O3/c1-22(2,3)30-21(28)20-18-11-25-19(14-6-4-5-7-16(14)24)15-10-13(23)8-9-17(15)27(18)12-29-26-20/h4-10,18H,11-12H2,1-3H3. The second-order valence-corrected chi connectivity index (χ2v) is 8.49. The second kappa shape index (κ2) is 7.72. The normalized spacial score (nSPS) is 18.3. The molecule has 2 aromatic rings. The zero-order chi connectivity index (χ0) is 21.5. The average Bonchev–Trinajstić information content (AvgIpc) is 2.83. The van der Waals surface area contributed by atoms with E-state index in [0.29, 0.717) is 21.9 Å². The van der Waals surface area contributed by atoms with Gasteiger partial charge in [0.2, 0.25) is 0 Å². The summed E-state index contributed by atoms with van der Waals surface area (Å²) in [5, 5.41) is 4.47. The lowest BCUT2D eigenvalue weighted by molar-refractivity contribution is -0.146. The van der Waals surface area contributed by atoms with E-state index in [1.807, 2.05) is 11.0 Å². The largest absolute Gasteiger partial charge is 0.455 e. The van der Waals surface area contributed by atoms with Crippen molar-refractivity contribution in [3.05, 3.63) is 64.4 Å². The Morgan fingerprint density at radius 2 is 2.00 bits per heavy atom. The van der Waals surface area contributed by atoms with Gasteiger partial charge in [-0.25, -0.2) is 9.18 Å². The molecule has 156 valence electrons. The molecule has 2 aromatic carbocycles. The van der Waals surface area contributed by atoms with E-state index in [1.54, 1.807) is 51.1 Å². The first kappa shape index (κ1) is 20.3. The van der Waals surface area contributed by atoms with Crippen molar-refractivity contribution in [2.45, 2.75) is 32.4 Å². The van der Waals surface area contributed by atoms with Gasteiger partial charge in [-0.2, -0.15) is 0 Å². The Kier molecular flexibility index (Phi) is 5.24. The van der Waals surface area contributed by atoms with E-state index in [1.165, 1.54) is 6.07 Å². The van der Waals surface area contributed by atoms with E-state index in [9.17, 15) is 9.18 Å². The second-order valence-electron chi connectivity index (χ2n) is 8.05. The third kappa shape index (κ3) is 3.89. The van der Waals surface area contributed by atoms with Gasteiger partial charge in [0.05, 0.1) is 12.3 Å². The van der Waals surface area contributed by atoms with Gasteiger partial charge in [0.15, 0.2) is 12.4 Å². The van der Waals surface area contributed by atoms with Crippen LogP contribution in [0.5, 0.6) is 0 Å². The molecule has 0 amide bonds. The molecule has 0 radical (unpaired) electrons. The fourth-order valence-electron chi connectivity index (χ4n) is 3.48. The molecule has 2 aliphatic heterocycles. The van der Waals surface area contributed by atoms with Crippen LogP contribution in [0, 0.1) is 5.82 Å². The molecular weight excluding hydrogens is 409 g/mol. The van der Waals surface area contributed by atoms with Crippen molar-refractivity contribution in [1.29, 1.82) is 0 Å². The molecule has 0 N–H and O–H groups in total. The van der Waals surface area contributed by atoms with Crippen LogP contribution in [0.3, 0.4) is 0 Å². The minimum absolute atomic E-state index is 0.117. The van der Waals surface area contributed by atoms with Crippen LogP contribution in [0.1, 0.15) is 31.9 Å². The van der Waals surface area contributed by atoms with Crippen LogP contribution in [-0.2, 0) is 14.4 Å². The number of hydrogen-bond acceptors (Lipinski definition) is 6. The quantitative estimate of drug-likeness (QED) is 0.671. The first-order valence-corrected chi connectivity index (χ1v) is 9.91. The summed E-state index contributed by atoms with van der Waals surface area (Å²) in [6.45, 7) is 5.65. The minimum Gasteiger partial charge on any atom is -0.455 e. The summed E-state index contributed by atoms with van der Waals surface area (Å²) < 4.78 is 20.1. The Morgan fingerprint density at radius 1 is 1.23 bits per heavy atom. The first-order valence-electron chi connectivity index (χ1n) is 9.54. The highest BCUT2D eigenvalue weighted by Crippen LogP contribution is 2.33. The van der Waals surface area contributed by atoms with Crippen LogP contribution < -0.4 is 4.90 Å². The van der Waals surface area contributed by atoms with Crippen LogP contribution in [0.4, 0.5) is 10.1 Å². The summed E-state index contributed by atoms with van der Waals surface area (Å²) in [5.74, 6) is -0.961. The molecule has 30 heavy (non-hydrogen) atoms. The number of carbonyl (C=O) groups is 1. The van der Waals surface area contributed by atoms with Gasteiger partial charge in [0.25, 0.3) is 0 Å². The van der Waals surface area contributed by atoms with Gasteiger partial charge in [0.1, 0.15) is 17.5 Å². The molecule has 2 heterocycles. The number of nitrogens with zero attached hydrogens (tertiary/aromatic N) is 3. The lowest BCUT2D eigenvalue weighted by atomic mass is 9.99. The predicted octanol–water partition coefficient (Wildman–Crippen LogP) is 4.19. The van der Waals surface area contributed by atoms with Gasteiger partial charge in [-0.15, -0.1) is 0 Å². The maximum atomic E-state index is 14.6. The molecule has 0 bridgehead atoms. The van der Waals surface area contributed by atoms with Crippen LogP contribution in [0.25, 0.3) is 0 Å². The van der Waals surface area contributed by atoms with Gasteiger partial charge in [-0.3, -0.25) is 4.99 Å². The van der Waals surface area contributed by atoms with E-state index in [4.69, 9.17) is 21.2 Å². The maximum Gasteiger partial charge on any atom is 0.358 e. The van der Waals surface area contributed by atoms with Crippen molar-refractivity contribution < 1.29 is 18.8 Å². The zero-order valence-electron chi connectivity index (χ0n) is 16.9. The minimum atomic E-state index is -0.681. The number of ether oxygens (including phenoxy) is 1. The lowest BCUT2D eigenvalue weighted by Crippen LogP contribution is -2.51. The number of fused-ring (bicyclic) bond motifs is 3. The Morgan fingerprint density at radius 3 is 2.73 bits per heavy atom. The SMILES string of the molecule is CC(C)(C)OC(=O)C1=NOCN2c3ccc(Cl)cc3C(c3ccccc3F)=NCC12. The summed E-state index contributed by atoms with van der Waals surface area (Å²) in [5.41, 5.74) is 1.64. The average molecular weight is 430 g/mol. The Hall–Kier alpha value is -2.93. The van der Waals surface area contributed by atoms with Crippen LogP contribution in [0.15, 0.2) is 52.6 Å². The van der Waals surface area contributed by atoms with Crippen molar-refractivity contribution in [3.63, 3.8) is 0 Å². The summed E-state index contributed by atoms with van der Waals surface area (Å²) in [6, 6.07) is 11.2. The molecule has 0 saturated carbocycles. The topological polar surface area (TPSA) is 63.5 Å². The molecular formula is C22H21ClFN3O3. The van der Waals surface area contributed by atoms with E-state index < -0.39 is 17.6 Å². The molecule has 6 nitrogen and oxygen atoms in total. The summed E-state index contributed by atoms with van der Waals surface area (Å²) in [7, 11) is 0. The number of esters is 1. The number of hydrogen-bond donors (Lipinski definition) is 0. The van der Waals surface area contributed by atoms with Crippen molar-refractivity contribution in [2.24, 2.45) is 10.1 Å². The van der Waals surface area contributed by atoms with Crippen molar-refractivity contribution in [3.8, 4) is 0 Å². The van der Waals surface area contributed by atoms with Crippen molar-refractivity contribution >= 4 is 34.7 Å². The molecule has 1 atom stereocenters. The molecule has 0 spiro atoms. The number of aliphatic imine (C=N–C) groups is 1. The lowest BCUT2D eigenvalue weighted by Gasteiger charge is -2.34. The highest BCUT2D eigenvalue weighted by molar-refractivity contribution is 6.39. The van der Waals surface area contributed by atoms with Gasteiger partial charge in [-0.05, 0) is 51.1 Å². The summed E-state index contributed by atoms with van der Waals surface area (Å²) in [4.78, 5) is 24.7. The smallest absolute Gasteiger partial charge is 0.358 e. The Balaban J connectivity index is 1.82. The highest BCUT2D eigenvalue weighted by atomic mass is 35.5. The molecule has 1 unspecified atom stereocenters. The van der Waals surface area contributed by atoms with Crippen molar-refractivity contribution in [1.82, 2.24) is 0 Å². The number of halogens is 2. The van der Waals surface area contributed by atoms with Gasteiger partial charge >= 0.3 is 5.97 Å². The Bertz CT molecular complexity index is 1060. The molecule has 2 aliphatic rings. The van der Waals surface area contributed by atoms with Gasteiger partial charge < -0.3 is 14.5 Å². The van der Waals surface area contributed by atoms with Crippen LogP contribution >= 0.6 is 11.6 Å². The van der Waals surface area contributed by atoms with E-state index in [2.05, 4.69) is 10.1 Å². The number of benzene rings is 2. The van der Waals surface area contributed by atoms with Crippen LogP contribution in [-0.4, -0.2) is 42.3 Å². The molecule has 0 aliphatic carbocycles. The predicted molar refractivity (Wildman–Crippen MR) is 114 cm³/mol. The third-order valence-electron chi connectivity index (χ3n) is 4.73. The molecule has 0 aromatic heterocycles. The molecule has 4 rings (SSSR count). The molecule has 0 saturated heterocycles. The third-order valence-corrected chi connectivity index (χ3v) is 4.97.